The first-order chi connectivity index (χ1) is 14.4. The zero-order chi connectivity index (χ0) is 21.6. The number of urea groups is 1. The fourth-order valence-electron chi connectivity index (χ4n) is 3.54. The zero-order valence-electron chi connectivity index (χ0n) is 17.7. The Kier molecular flexibility index (Phi) is 6.82. The minimum atomic E-state index is -0.477. The number of carbonyl (C=O) groups excluding carboxylic acids is 2. The number of nitrogens with zero attached hydrogens (tertiary/aromatic N) is 1. The van der Waals surface area contributed by atoms with Crippen LogP contribution in [-0.4, -0.2) is 44.1 Å². The van der Waals surface area contributed by atoms with Crippen LogP contribution >= 0.6 is 0 Å². The average Bonchev–Trinajstić information content (AvgIpc) is 2.78. The highest BCUT2D eigenvalue weighted by Crippen LogP contribution is 2.32. The predicted octanol–water partition coefficient (Wildman–Crippen LogP) is 3.65. The molecule has 1 aliphatic rings. The Morgan fingerprint density at radius 3 is 2.30 bits per heavy atom. The SMILES string of the molecule is COc1ccc(NC(=O)N2CCC(C)(C(=O)NCc3ccccc3)CC2)cc1OC. The minimum Gasteiger partial charge on any atom is -0.493 e. The Hall–Kier alpha value is -3.22. The molecule has 1 heterocycles. The molecule has 0 saturated carbocycles. The number of hydrogen-bond donors (Lipinski definition) is 2. The van der Waals surface area contributed by atoms with Crippen molar-refractivity contribution in [2.75, 3.05) is 32.6 Å². The van der Waals surface area contributed by atoms with Gasteiger partial charge in [-0.1, -0.05) is 37.3 Å². The first-order valence-electron chi connectivity index (χ1n) is 10.1. The summed E-state index contributed by atoms with van der Waals surface area (Å²) in [6.07, 6.45) is 1.24. The van der Waals surface area contributed by atoms with Gasteiger partial charge in [0.15, 0.2) is 11.5 Å². The van der Waals surface area contributed by atoms with Crippen molar-refractivity contribution in [1.29, 1.82) is 0 Å². The maximum atomic E-state index is 12.7. The molecule has 0 bridgehead atoms. The number of carbonyl (C=O) groups is 2. The highest BCUT2D eigenvalue weighted by molar-refractivity contribution is 5.90. The Bertz CT molecular complexity index is 877. The van der Waals surface area contributed by atoms with Gasteiger partial charge in [0.2, 0.25) is 5.91 Å². The van der Waals surface area contributed by atoms with Crippen molar-refractivity contribution in [2.45, 2.75) is 26.3 Å². The van der Waals surface area contributed by atoms with E-state index in [-0.39, 0.29) is 11.9 Å². The Balaban J connectivity index is 1.52. The maximum absolute atomic E-state index is 12.7. The fraction of sp³-hybridized carbons (Fsp3) is 0.391. The maximum Gasteiger partial charge on any atom is 0.321 e. The van der Waals surface area contributed by atoms with Crippen LogP contribution in [0.3, 0.4) is 0 Å². The molecule has 7 nitrogen and oxygen atoms in total. The first-order valence-corrected chi connectivity index (χ1v) is 10.1. The van der Waals surface area contributed by atoms with Crippen LogP contribution in [0.4, 0.5) is 10.5 Å². The van der Waals surface area contributed by atoms with Gasteiger partial charge in [0.05, 0.1) is 14.2 Å². The van der Waals surface area contributed by atoms with Gasteiger partial charge in [0, 0.05) is 36.8 Å². The van der Waals surface area contributed by atoms with Crippen molar-refractivity contribution in [2.24, 2.45) is 5.41 Å². The Labute approximate surface area is 177 Å². The summed E-state index contributed by atoms with van der Waals surface area (Å²) in [7, 11) is 3.12. The van der Waals surface area contributed by atoms with Crippen LogP contribution in [0, 0.1) is 5.41 Å². The summed E-state index contributed by atoms with van der Waals surface area (Å²) in [5, 5.41) is 5.92. The number of piperidine rings is 1. The normalized spacial score (nSPS) is 15.2. The Morgan fingerprint density at radius 2 is 1.67 bits per heavy atom. The van der Waals surface area contributed by atoms with Gasteiger partial charge in [-0.25, -0.2) is 4.79 Å². The number of rotatable bonds is 6. The van der Waals surface area contributed by atoms with E-state index in [0.29, 0.717) is 49.7 Å². The first kappa shape index (κ1) is 21.5. The molecule has 1 saturated heterocycles. The summed E-state index contributed by atoms with van der Waals surface area (Å²) >= 11 is 0. The molecule has 3 rings (SSSR count). The summed E-state index contributed by atoms with van der Waals surface area (Å²) < 4.78 is 10.5. The minimum absolute atomic E-state index is 0.0336. The Morgan fingerprint density at radius 1 is 1.00 bits per heavy atom. The highest BCUT2D eigenvalue weighted by atomic mass is 16.5. The quantitative estimate of drug-likeness (QED) is 0.760. The van der Waals surface area contributed by atoms with Gasteiger partial charge in [-0.05, 0) is 30.5 Å². The van der Waals surface area contributed by atoms with Gasteiger partial charge < -0.3 is 25.0 Å². The fourth-order valence-corrected chi connectivity index (χ4v) is 3.54. The molecule has 0 radical (unpaired) electrons. The number of likely N-dealkylation sites (tertiary alicyclic amines) is 1. The van der Waals surface area contributed by atoms with Crippen molar-refractivity contribution in [3.63, 3.8) is 0 Å². The van der Waals surface area contributed by atoms with Crippen LogP contribution in [-0.2, 0) is 11.3 Å². The monoisotopic (exact) mass is 411 g/mol. The van der Waals surface area contributed by atoms with E-state index >= 15 is 0 Å². The second-order valence-electron chi connectivity index (χ2n) is 7.72. The highest BCUT2D eigenvalue weighted by Gasteiger charge is 2.38. The number of anilines is 1. The zero-order valence-corrected chi connectivity index (χ0v) is 17.7. The second-order valence-corrected chi connectivity index (χ2v) is 7.72. The van der Waals surface area contributed by atoms with E-state index in [0.717, 1.165) is 5.56 Å². The lowest BCUT2D eigenvalue weighted by molar-refractivity contribution is -0.132. The van der Waals surface area contributed by atoms with Gasteiger partial charge in [0.25, 0.3) is 0 Å². The van der Waals surface area contributed by atoms with Crippen molar-refractivity contribution in [3.05, 3.63) is 54.1 Å². The second kappa shape index (κ2) is 9.52. The molecule has 3 amide bonds. The van der Waals surface area contributed by atoms with E-state index in [1.54, 1.807) is 37.3 Å². The molecule has 0 spiro atoms. The molecule has 2 aromatic carbocycles. The summed E-state index contributed by atoms with van der Waals surface area (Å²) in [4.78, 5) is 27.1. The third-order valence-electron chi connectivity index (χ3n) is 5.63. The molecule has 0 aromatic heterocycles. The molecule has 0 aliphatic carbocycles. The summed E-state index contributed by atoms with van der Waals surface area (Å²) in [5.41, 5.74) is 1.22. The lowest BCUT2D eigenvalue weighted by Crippen LogP contribution is -2.49. The molecule has 2 N–H and O–H groups in total. The van der Waals surface area contributed by atoms with E-state index in [2.05, 4.69) is 10.6 Å². The van der Waals surface area contributed by atoms with Gasteiger partial charge in [-0.3, -0.25) is 4.79 Å². The van der Waals surface area contributed by atoms with Crippen LogP contribution in [0.15, 0.2) is 48.5 Å². The largest absolute Gasteiger partial charge is 0.493 e. The third kappa shape index (κ3) is 5.03. The standard InChI is InChI=1S/C23H29N3O4/c1-23(21(27)24-16-17-7-5-4-6-8-17)11-13-26(14-12-23)22(28)25-18-9-10-19(29-2)20(15-18)30-3/h4-10,15H,11-14,16H2,1-3H3,(H,24,27)(H,25,28). The molecule has 2 aromatic rings. The van der Waals surface area contributed by atoms with Gasteiger partial charge in [0.1, 0.15) is 0 Å². The van der Waals surface area contributed by atoms with E-state index in [1.165, 1.54) is 0 Å². The molecule has 1 fully saturated rings. The van der Waals surface area contributed by atoms with Crippen LogP contribution in [0.5, 0.6) is 11.5 Å². The molecular weight excluding hydrogens is 382 g/mol. The number of hydrogen-bond acceptors (Lipinski definition) is 4. The lowest BCUT2D eigenvalue weighted by atomic mass is 9.79. The van der Waals surface area contributed by atoms with Gasteiger partial charge in [-0.2, -0.15) is 0 Å². The molecule has 7 heteroatoms. The summed E-state index contributed by atoms with van der Waals surface area (Å²) in [6.45, 7) is 3.53. The number of ether oxygens (including phenoxy) is 2. The van der Waals surface area contributed by atoms with Crippen LogP contribution in [0.2, 0.25) is 0 Å². The van der Waals surface area contributed by atoms with Crippen LogP contribution < -0.4 is 20.1 Å². The molecular formula is C23H29N3O4. The number of methoxy groups -OCH3 is 2. The van der Waals surface area contributed by atoms with Crippen LogP contribution in [0.25, 0.3) is 0 Å². The van der Waals surface area contributed by atoms with Gasteiger partial charge >= 0.3 is 6.03 Å². The summed E-state index contributed by atoms with van der Waals surface area (Å²) in [6, 6.07) is 14.9. The molecule has 160 valence electrons. The van der Waals surface area contributed by atoms with Crippen molar-refractivity contribution in [3.8, 4) is 11.5 Å². The van der Waals surface area contributed by atoms with Crippen molar-refractivity contribution in [1.82, 2.24) is 10.2 Å². The van der Waals surface area contributed by atoms with E-state index < -0.39 is 5.41 Å². The smallest absolute Gasteiger partial charge is 0.321 e. The van der Waals surface area contributed by atoms with Crippen LogP contribution in [0.1, 0.15) is 25.3 Å². The number of nitrogens with one attached hydrogen (secondary N) is 2. The number of amides is 3. The lowest BCUT2D eigenvalue weighted by Gasteiger charge is -2.38. The molecule has 0 unspecified atom stereocenters. The number of benzene rings is 2. The van der Waals surface area contributed by atoms with E-state index in [4.69, 9.17) is 9.47 Å². The average molecular weight is 412 g/mol. The van der Waals surface area contributed by atoms with Crippen molar-refractivity contribution >= 4 is 17.6 Å². The third-order valence-corrected chi connectivity index (χ3v) is 5.63. The molecule has 0 atom stereocenters. The van der Waals surface area contributed by atoms with E-state index in [1.807, 2.05) is 37.3 Å². The predicted molar refractivity (Wildman–Crippen MR) is 116 cm³/mol. The molecule has 30 heavy (non-hydrogen) atoms. The summed E-state index contributed by atoms with van der Waals surface area (Å²) in [5.74, 6) is 1.19. The van der Waals surface area contributed by atoms with Crippen molar-refractivity contribution < 1.29 is 19.1 Å². The molecule has 1 aliphatic heterocycles. The topological polar surface area (TPSA) is 79.9 Å². The van der Waals surface area contributed by atoms with Gasteiger partial charge in [-0.15, -0.1) is 0 Å². The van der Waals surface area contributed by atoms with E-state index in [9.17, 15) is 9.59 Å².